The summed E-state index contributed by atoms with van der Waals surface area (Å²) in [4.78, 5) is 14.1. The number of morpholine rings is 1. The molecule has 92 valence electrons. The molecule has 2 rings (SSSR count). The predicted octanol–water partition coefficient (Wildman–Crippen LogP) is 1.52. The summed E-state index contributed by atoms with van der Waals surface area (Å²) in [6.45, 7) is 5.24. The zero-order valence-electron chi connectivity index (χ0n) is 10.2. The van der Waals surface area contributed by atoms with Gasteiger partial charge >= 0.3 is 0 Å². The zero-order chi connectivity index (χ0) is 12.4. The molecule has 0 saturated carbocycles. The second-order valence-corrected chi connectivity index (χ2v) is 4.59. The molecule has 1 aliphatic heterocycles. The van der Waals surface area contributed by atoms with E-state index in [1.165, 1.54) is 0 Å². The molecule has 1 aromatic rings. The molecular formula is C13H18N2O2. The highest BCUT2D eigenvalue weighted by atomic mass is 16.5. The van der Waals surface area contributed by atoms with E-state index in [-0.39, 0.29) is 18.1 Å². The zero-order valence-corrected chi connectivity index (χ0v) is 10.2. The second kappa shape index (κ2) is 4.75. The number of hydrogen-bond donors (Lipinski definition) is 1. The van der Waals surface area contributed by atoms with Crippen molar-refractivity contribution in [2.24, 2.45) is 0 Å². The van der Waals surface area contributed by atoms with Crippen molar-refractivity contribution in [1.82, 2.24) is 4.90 Å². The van der Waals surface area contributed by atoms with E-state index in [4.69, 9.17) is 10.5 Å². The van der Waals surface area contributed by atoms with Gasteiger partial charge < -0.3 is 15.4 Å². The van der Waals surface area contributed by atoms with Crippen LogP contribution >= 0.6 is 0 Å². The van der Waals surface area contributed by atoms with Crippen LogP contribution in [0.1, 0.15) is 24.2 Å². The fraction of sp³-hybridized carbons (Fsp3) is 0.462. The third-order valence-electron chi connectivity index (χ3n) is 2.84. The van der Waals surface area contributed by atoms with Gasteiger partial charge in [0.15, 0.2) is 0 Å². The summed E-state index contributed by atoms with van der Waals surface area (Å²) >= 11 is 0. The van der Waals surface area contributed by atoms with Gasteiger partial charge in [0.2, 0.25) is 0 Å². The molecule has 0 aromatic heterocycles. The van der Waals surface area contributed by atoms with Crippen LogP contribution in [0.15, 0.2) is 24.3 Å². The molecular weight excluding hydrogens is 216 g/mol. The highest BCUT2D eigenvalue weighted by Gasteiger charge is 2.26. The van der Waals surface area contributed by atoms with Crippen LogP contribution in [0.4, 0.5) is 5.69 Å². The quantitative estimate of drug-likeness (QED) is 0.749. The lowest BCUT2D eigenvalue weighted by Gasteiger charge is -2.35. The van der Waals surface area contributed by atoms with E-state index in [9.17, 15) is 4.79 Å². The van der Waals surface area contributed by atoms with E-state index >= 15 is 0 Å². The number of carbonyl (C=O) groups excluding carboxylic acids is 1. The number of rotatable bonds is 1. The van der Waals surface area contributed by atoms with Crippen LogP contribution in [-0.2, 0) is 4.74 Å². The Morgan fingerprint density at radius 3 is 2.59 bits per heavy atom. The number of ether oxygens (including phenoxy) is 1. The fourth-order valence-corrected chi connectivity index (χ4v) is 2.20. The number of carbonyl (C=O) groups is 1. The van der Waals surface area contributed by atoms with E-state index in [1.807, 2.05) is 18.7 Å². The molecule has 2 atom stereocenters. The van der Waals surface area contributed by atoms with Crippen LogP contribution < -0.4 is 5.73 Å². The van der Waals surface area contributed by atoms with Gasteiger partial charge in [-0.1, -0.05) is 6.07 Å². The first kappa shape index (κ1) is 11.9. The molecule has 1 heterocycles. The minimum absolute atomic E-state index is 0.0271. The molecule has 0 bridgehead atoms. The Kier molecular flexibility index (Phi) is 3.33. The molecule has 0 radical (unpaired) electrons. The van der Waals surface area contributed by atoms with Gasteiger partial charge in [-0.05, 0) is 32.0 Å². The molecule has 4 heteroatoms. The van der Waals surface area contributed by atoms with Gasteiger partial charge in [-0.3, -0.25) is 4.79 Å². The van der Waals surface area contributed by atoms with Crippen LogP contribution in [0.2, 0.25) is 0 Å². The highest BCUT2D eigenvalue weighted by molar-refractivity contribution is 5.95. The molecule has 1 saturated heterocycles. The van der Waals surface area contributed by atoms with Crippen LogP contribution in [0.25, 0.3) is 0 Å². The maximum atomic E-state index is 12.3. The van der Waals surface area contributed by atoms with Crippen molar-refractivity contribution < 1.29 is 9.53 Å². The highest BCUT2D eigenvalue weighted by Crippen LogP contribution is 2.15. The van der Waals surface area contributed by atoms with Gasteiger partial charge in [-0.25, -0.2) is 0 Å². The molecule has 1 aromatic carbocycles. The first-order valence-corrected chi connectivity index (χ1v) is 5.86. The lowest BCUT2D eigenvalue weighted by Crippen LogP contribution is -2.48. The summed E-state index contributed by atoms with van der Waals surface area (Å²) in [6, 6.07) is 7.09. The number of nitrogen functional groups attached to an aromatic ring is 1. The lowest BCUT2D eigenvalue weighted by molar-refractivity contribution is -0.0586. The van der Waals surface area contributed by atoms with Crippen molar-refractivity contribution in [2.45, 2.75) is 26.1 Å². The monoisotopic (exact) mass is 234 g/mol. The van der Waals surface area contributed by atoms with E-state index in [0.717, 1.165) is 0 Å². The van der Waals surface area contributed by atoms with Gasteiger partial charge in [0.25, 0.3) is 5.91 Å². The molecule has 0 spiro atoms. The van der Waals surface area contributed by atoms with Gasteiger partial charge in [0.05, 0.1) is 12.2 Å². The second-order valence-electron chi connectivity index (χ2n) is 4.59. The maximum Gasteiger partial charge on any atom is 0.254 e. The Labute approximate surface area is 101 Å². The van der Waals surface area contributed by atoms with Crippen molar-refractivity contribution in [3.63, 3.8) is 0 Å². The average molecular weight is 234 g/mol. The van der Waals surface area contributed by atoms with Crippen molar-refractivity contribution in [2.75, 3.05) is 18.8 Å². The normalized spacial score (nSPS) is 24.7. The van der Waals surface area contributed by atoms with Gasteiger partial charge in [-0.2, -0.15) is 0 Å². The van der Waals surface area contributed by atoms with Crippen molar-refractivity contribution >= 4 is 11.6 Å². The van der Waals surface area contributed by atoms with Gasteiger partial charge in [0.1, 0.15) is 0 Å². The summed E-state index contributed by atoms with van der Waals surface area (Å²) in [6.07, 6.45) is 0.174. The summed E-state index contributed by atoms with van der Waals surface area (Å²) in [5.74, 6) is 0.0271. The summed E-state index contributed by atoms with van der Waals surface area (Å²) in [5.41, 5.74) is 6.95. The third-order valence-corrected chi connectivity index (χ3v) is 2.84. The number of amides is 1. The van der Waals surface area contributed by atoms with Crippen molar-refractivity contribution in [1.29, 1.82) is 0 Å². The van der Waals surface area contributed by atoms with E-state index < -0.39 is 0 Å². The smallest absolute Gasteiger partial charge is 0.254 e. The largest absolute Gasteiger partial charge is 0.399 e. The number of hydrogen-bond acceptors (Lipinski definition) is 3. The Hall–Kier alpha value is -1.55. The van der Waals surface area contributed by atoms with E-state index in [1.54, 1.807) is 24.3 Å². The van der Waals surface area contributed by atoms with Crippen molar-refractivity contribution in [3.8, 4) is 0 Å². The van der Waals surface area contributed by atoms with Crippen molar-refractivity contribution in [3.05, 3.63) is 29.8 Å². The number of benzene rings is 1. The summed E-state index contributed by atoms with van der Waals surface area (Å²) in [7, 11) is 0. The van der Waals surface area contributed by atoms with Crippen LogP contribution in [0, 0.1) is 0 Å². The molecule has 1 aliphatic rings. The third kappa shape index (κ3) is 2.77. The molecule has 2 N–H and O–H groups in total. The standard InChI is InChI=1S/C13H18N2O2/c1-9-7-15(8-10(2)17-9)13(16)11-4-3-5-12(14)6-11/h3-6,9-10H,7-8,14H2,1-2H3/t9-,10+. The Morgan fingerprint density at radius 1 is 1.35 bits per heavy atom. The fourth-order valence-electron chi connectivity index (χ4n) is 2.20. The van der Waals surface area contributed by atoms with E-state index in [0.29, 0.717) is 24.3 Å². The molecule has 0 unspecified atom stereocenters. The van der Waals surface area contributed by atoms with Gasteiger partial charge in [-0.15, -0.1) is 0 Å². The summed E-state index contributed by atoms with van der Waals surface area (Å²) in [5, 5.41) is 0. The van der Waals surface area contributed by atoms with Crippen LogP contribution in [-0.4, -0.2) is 36.1 Å². The minimum Gasteiger partial charge on any atom is -0.399 e. The first-order chi connectivity index (χ1) is 8.06. The predicted molar refractivity (Wildman–Crippen MR) is 66.8 cm³/mol. The molecule has 17 heavy (non-hydrogen) atoms. The lowest BCUT2D eigenvalue weighted by atomic mass is 10.1. The average Bonchev–Trinajstić information content (AvgIpc) is 2.26. The van der Waals surface area contributed by atoms with Crippen LogP contribution in [0.3, 0.4) is 0 Å². The topological polar surface area (TPSA) is 55.6 Å². The Morgan fingerprint density at radius 2 is 2.00 bits per heavy atom. The Bertz CT molecular complexity index is 410. The number of nitrogens with zero attached hydrogens (tertiary/aromatic N) is 1. The maximum absolute atomic E-state index is 12.3. The van der Waals surface area contributed by atoms with E-state index in [2.05, 4.69) is 0 Å². The summed E-state index contributed by atoms with van der Waals surface area (Å²) < 4.78 is 5.61. The molecule has 0 aliphatic carbocycles. The molecule has 1 fully saturated rings. The minimum atomic E-state index is 0.0271. The number of anilines is 1. The molecule has 4 nitrogen and oxygen atoms in total. The van der Waals surface area contributed by atoms with Crippen LogP contribution in [0.5, 0.6) is 0 Å². The molecule has 1 amide bonds. The SMILES string of the molecule is C[C@@H]1CN(C(=O)c2cccc(N)c2)C[C@H](C)O1. The van der Waals surface area contributed by atoms with Gasteiger partial charge in [0, 0.05) is 24.3 Å². The Balaban J connectivity index is 2.14. The first-order valence-electron chi connectivity index (χ1n) is 5.86. The number of nitrogens with two attached hydrogens (primary N) is 1.